The number of aliphatic carboxylic acids is 2. The highest BCUT2D eigenvalue weighted by molar-refractivity contribution is 9.10. The second-order valence-electron chi connectivity index (χ2n) is 5.94. The van der Waals surface area contributed by atoms with E-state index in [1.54, 1.807) is 0 Å². The predicted octanol–water partition coefficient (Wildman–Crippen LogP) is 3.00. The lowest BCUT2D eigenvalue weighted by Gasteiger charge is -2.37. The molecule has 2 heterocycles. The van der Waals surface area contributed by atoms with Crippen LogP contribution in [-0.4, -0.2) is 45.9 Å². The number of hydrogen-bond donors (Lipinski definition) is 3. The Morgan fingerprint density at radius 3 is 2.42 bits per heavy atom. The Morgan fingerprint density at radius 2 is 1.96 bits per heavy atom. The first-order chi connectivity index (χ1) is 11.9. The van der Waals surface area contributed by atoms with Crippen LogP contribution in [0.1, 0.15) is 25.5 Å². The molecule has 1 aromatic rings. The van der Waals surface area contributed by atoms with Gasteiger partial charge in [0.05, 0.1) is 11.1 Å². The predicted molar refractivity (Wildman–Crippen MR) is 86.1 cm³/mol. The first kappa shape index (κ1) is 22.3. The van der Waals surface area contributed by atoms with Crippen molar-refractivity contribution in [3.8, 4) is 0 Å². The molecule has 0 aromatic carbocycles. The van der Waals surface area contributed by atoms with E-state index in [2.05, 4.69) is 26.2 Å². The van der Waals surface area contributed by atoms with E-state index in [0.717, 1.165) is 0 Å². The highest BCUT2D eigenvalue weighted by Gasteiger charge is 2.43. The van der Waals surface area contributed by atoms with E-state index in [0.29, 0.717) is 24.0 Å². The Hall–Kier alpha value is -1.75. The van der Waals surface area contributed by atoms with Gasteiger partial charge in [0.15, 0.2) is 0 Å². The molecule has 2 rings (SSSR count). The Bertz CT molecular complexity index is 672. The SMILES string of the molecule is C[C@@H]1C[C@](Cc2nc(Br)ccc2F)(C(=O)O)CCN1.O=C(O)C(F)(F)F. The molecular formula is C15H17BrF4N2O4. The maximum absolute atomic E-state index is 13.8. The zero-order valence-electron chi connectivity index (χ0n) is 13.6. The minimum absolute atomic E-state index is 0.111. The summed E-state index contributed by atoms with van der Waals surface area (Å²) in [6, 6.07) is 2.93. The van der Waals surface area contributed by atoms with Crippen LogP contribution in [0.15, 0.2) is 16.7 Å². The molecule has 146 valence electrons. The van der Waals surface area contributed by atoms with Crippen molar-refractivity contribution in [2.75, 3.05) is 6.54 Å². The normalized spacial score (nSPS) is 22.9. The van der Waals surface area contributed by atoms with E-state index < -0.39 is 29.3 Å². The van der Waals surface area contributed by atoms with Gasteiger partial charge in [0.2, 0.25) is 0 Å². The summed E-state index contributed by atoms with van der Waals surface area (Å²) in [4.78, 5) is 24.6. The summed E-state index contributed by atoms with van der Waals surface area (Å²) in [6.07, 6.45) is -3.99. The van der Waals surface area contributed by atoms with Gasteiger partial charge in [-0.25, -0.2) is 14.2 Å². The van der Waals surface area contributed by atoms with E-state index in [4.69, 9.17) is 9.90 Å². The highest BCUT2D eigenvalue weighted by atomic mass is 79.9. The molecule has 2 atom stereocenters. The smallest absolute Gasteiger partial charge is 0.481 e. The standard InChI is InChI=1S/C13H16BrFN2O2.C2HF3O2/c1-8-6-13(12(18)19,4-5-16-8)7-10-9(15)2-3-11(14)17-10;3-2(4,5)1(6)7/h2-3,8,16H,4-7H2,1H3,(H,18,19);(H,6,7)/t8-,13-;/m1./s1. The van der Waals surface area contributed by atoms with Crippen LogP contribution in [0.4, 0.5) is 17.6 Å². The summed E-state index contributed by atoms with van der Waals surface area (Å²) < 4.78 is 46.0. The summed E-state index contributed by atoms with van der Waals surface area (Å²) in [5, 5.41) is 19.9. The number of piperidine rings is 1. The number of carboxylic acid groups (broad SMARTS) is 2. The number of carboxylic acids is 2. The zero-order chi connectivity index (χ0) is 20.1. The summed E-state index contributed by atoms with van der Waals surface area (Å²) in [5.41, 5.74) is -0.717. The fourth-order valence-corrected chi connectivity index (χ4v) is 3.00. The highest BCUT2D eigenvalue weighted by Crippen LogP contribution is 2.35. The fourth-order valence-electron chi connectivity index (χ4n) is 2.65. The minimum atomic E-state index is -5.08. The number of alkyl halides is 3. The second kappa shape index (κ2) is 8.76. The van der Waals surface area contributed by atoms with Crippen molar-refractivity contribution in [2.45, 2.75) is 38.4 Å². The summed E-state index contributed by atoms with van der Waals surface area (Å²) in [6.45, 7) is 2.57. The van der Waals surface area contributed by atoms with Gasteiger partial charge in [0.1, 0.15) is 10.4 Å². The van der Waals surface area contributed by atoms with Crippen LogP contribution in [-0.2, 0) is 16.0 Å². The van der Waals surface area contributed by atoms with Crippen LogP contribution in [0.25, 0.3) is 0 Å². The maximum Gasteiger partial charge on any atom is 0.490 e. The van der Waals surface area contributed by atoms with Crippen molar-refractivity contribution in [1.82, 2.24) is 10.3 Å². The molecule has 3 N–H and O–H groups in total. The average molecular weight is 445 g/mol. The maximum atomic E-state index is 13.8. The van der Waals surface area contributed by atoms with Crippen LogP contribution in [0, 0.1) is 11.2 Å². The van der Waals surface area contributed by atoms with Gasteiger partial charge < -0.3 is 15.5 Å². The third kappa shape index (κ3) is 6.20. The van der Waals surface area contributed by atoms with Gasteiger partial charge in [0, 0.05) is 12.5 Å². The van der Waals surface area contributed by atoms with Crippen molar-refractivity contribution in [1.29, 1.82) is 0 Å². The number of carbonyl (C=O) groups is 2. The second-order valence-corrected chi connectivity index (χ2v) is 6.75. The number of nitrogens with zero attached hydrogens (tertiary/aromatic N) is 1. The molecule has 11 heteroatoms. The molecule has 26 heavy (non-hydrogen) atoms. The van der Waals surface area contributed by atoms with E-state index in [1.165, 1.54) is 12.1 Å². The molecule has 0 aliphatic carbocycles. The molecule has 1 aliphatic heterocycles. The number of halogens is 5. The van der Waals surface area contributed by atoms with Crippen LogP contribution in [0.5, 0.6) is 0 Å². The number of rotatable bonds is 3. The van der Waals surface area contributed by atoms with Gasteiger partial charge in [-0.2, -0.15) is 13.2 Å². The average Bonchev–Trinajstić information content (AvgIpc) is 2.50. The summed E-state index contributed by atoms with van der Waals surface area (Å²) >= 11 is 3.19. The minimum Gasteiger partial charge on any atom is -0.481 e. The molecule has 1 saturated heterocycles. The van der Waals surface area contributed by atoms with E-state index in [9.17, 15) is 27.5 Å². The van der Waals surface area contributed by atoms with Gasteiger partial charge in [-0.05, 0) is 54.4 Å². The van der Waals surface area contributed by atoms with Crippen molar-refractivity contribution < 1.29 is 37.4 Å². The lowest BCUT2D eigenvalue weighted by atomic mass is 9.73. The first-order valence-electron chi connectivity index (χ1n) is 7.45. The van der Waals surface area contributed by atoms with E-state index >= 15 is 0 Å². The topological polar surface area (TPSA) is 99.5 Å². The van der Waals surface area contributed by atoms with Crippen LogP contribution < -0.4 is 5.32 Å². The number of pyridine rings is 1. The van der Waals surface area contributed by atoms with Gasteiger partial charge in [-0.15, -0.1) is 0 Å². The van der Waals surface area contributed by atoms with Gasteiger partial charge in [-0.1, -0.05) is 0 Å². The third-order valence-corrected chi connectivity index (χ3v) is 4.32. The van der Waals surface area contributed by atoms with Gasteiger partial charge >= 0.3 is 18.1 Å². The zero-order valence-corrected chi connectivity index (χ0v) is 15.2. The molecule has 0 bridgehead atoms. The molecule has 1 aromatic heterocycles. The summed E-state index contributed by atoms with van der Waals surface area (Å²) in [5.74, 6) is -4.08. The largest absolute Gasteiger partial charge is 0.490 e. The molecule has 0 saturated carbocycles. The van der Waals surface area contributed by atoms with Crippen LogP contribution >= 0.6 is 15.9 Å². The molecule has 1 aliphatic rings. The molecule has 1 fully saturated rings. The lowest BCUT2D eigenvalue weighted by Crippen LogP contribution is -2.48. The van der Waals surface area contributed by atoms with Crippen LogP contribution in [0.3, 0.4) is 0 Å². The first-order valence-corrected chi connectivity index (χ1v) is 8.24. The van der Waals surface area contributed by atoms with E-state index in [1.807, 2.05) is 6.92 Å². The molecule has 0 radical (unpaired) electrons. The lowest BCUT2D eigenvalue weighted by molar-refractivity contribution is -0.192. The number of aromatic nitrogens is 1. The molecule has 6 nitrogen and oxygen atoms in total. The number of hydrogen-bond acceptors (Lipinski definition) is 4. The van der Waals surface area contributed by atoms with Gasteiger partial charge in [0.25, 0.3) is 0 Å². The summed E-state index contributed by atoms with van der Waals surface area (Å²) in [7, 11) is 0. The quantitative estimate of drug-likeness (QED) is 0.489. The molecular weight excluding hydrogens is 428 g/mol. The Kier molecular flexibility index (Phi) is 7.51. The molecule has 0 unspecified atom stereocenters. The van der Waals surface area contributed by atoms with Crippen molar-refractivity contribution in [3.05, 3.63) is 28.2 Å². The molecule has 0 spiro atoms. The van der Waals surface area contributed by atoms with Crippen molar-refractivity contribution in [3.63, 3.8) is 0 Å². The number of nitrogens with one attached hydrogen (secondary N) is 1. The monoisotopic (exact) mass is 444 g/mol. The Labute approximate surface area is 154 Å². The van der Waals surface area contributed by atoms with E-state index in [-0.39, 0.29) is 18.2 Å². The van der Waals surface area contributed by atoms with Crippen LogP contribution in [0.2, 0.25) is 0 Å². The third-order valence-electron chi connectivity index (χ3n) is 3.88. The Morgan fingerprint density at radius 1 is 1.38 bits per heavy atom. The van der Waals surface area contributed by atoms with Gasteiger partial charge in [-0.3, -0.25) is 4.79 Å². The molecule has 0 amide bonds. The Balaban J connectivity index is 0.000000412. The van der Waals surface area contributed by atoms with Crippen molar-refractivity contribution in [2.24, 2.45) is 5.41 Å². The van der Waals surface area contributed by atoms with Crippen molar-refractivity contribution >= 4 is 27.9 Å². The fraction of sp³-hybridized carbons (Fsp3) is 0.533.